The van der Waals surface area contributed by atoms with Gasteiger partial charge in [-0.3, -0.25) is 4.79 Å². The lowest BCUT2D eigenvalue weighted by molar-refractivity contribution is -0.125. The molecule has 3 unspecified atom stereocenters. The average Bonchev–Trinajstić information content (AvgIpc) is 2.97. The molecule has 0 saturated carbocycles. The van der Waals surface area contributed by atoms with E-state index in [2.05, 4.69) is 17.6 Å². The molecule has 4 nitrogen and oxygen atoms in total. The predicted molar refractivity (Wildman–Crippen MR) is 70.3 cm³/mol. The van der Waals surface area contributed by atoms with Gasteiger partial charge < -0.3 is 15.4 Å². The van der Waals surface area contributed by atoms with Crippen LogP contribution in [0.4, 0.5) is 0 Å². The Morgan fingerprint density at radius 3 is 3.06 bits per heavy atom. The quantitative estimate of drug-likeness (QED) is 0.759. The fraction of sp³-hybridized carbons (Fsp3) is 0.917. The summed E-state index contributed by atoms with van der Waals surface area (Å²) in [6, 6.07) is 0.191. The van der Waals surface area contributed by atoms with Gasteiger partial charge in [-0.15, -0.1) is 0 Å². The van der Waals surface area contributed by atoms with Gasteiger partial charge in [-0.2, -0.15) is 11.8 Å². The second-order valence-corrected chi connectivity index (χ2v) is 6.10. The maximum absolute atomic E-state index is 12.0. The molecule has 17 heavy (non-hydrogen) atoms. The van der Waals surface area contributed by atoms with E-state index in [1.807, 2.05) is 11.8 Å². The van der Waals surface area contributed by atoms with E-state index in [1.165, 1.54) is 18.6 Å². The summed E-state index contributed by atoms with van der Waals surface area (Å²) in [7, 11) is 0. The molecular weight excluding hydrogens is 236 g/mol. The molecule has 0 aliphatic carbocycles. The van der Waals surface area contributed by atoms with Crippen molar-refractivity contribution in [2.75, 3.05) is 32.1 Å². The fourth-order valence-corrected chi connectivity index (χ4v) is 3.63. The van der Waals surface area contributed by atoms with E-state index in [9.17, 15) is 4.79 Å². The Bertz CT molecular complexity index is 257. The van der Waals surface area contributed by atoms with E-state index in [0.717, 1.165) is 13.1 Å². The van der Waals surface area contributed by atoms with Crippen LogP contribution in [0, 0.1) is 5.92 Å². The van der Waals surface area contributed by atoms with Gasteiger partial charge in [-0.05, 0) is 25.1 Å². The van der Waals surface area contributed by atoms with Gasteiger partial charge in [0.1, 0.15) is 0 Å². The van der Waals surface area contributed by atoms with Crippen LogP contribution in [0.3, 0.4) is 0 Å². The minimum absolute atomic E-state index is 0.0126. The Morgan fingerprint density at radius 2 is 2.35 bits per heavy atom. The Hall–Kier alpha value is -0.260. The van der Waals surface area contributed by atoms with E-state index in [4.69, 9.17) is 4.74 Å². The molecule has 2 N–H and O–H groups in total. The summed E-state index contributed by atoms with van der Waals surface area (Å²) in [5, 5.41) is 7.01. The van der Waals surface area contributed by atoms with Gasteiger partial charge in [0, 0.05) is 17.8 Å². The zero-order chi connectivity index (χ0) is 12.1. The van der Waals surface area contributed by atoms with E-state index in [-0.39, 0.29) is 17.9 Å². The Labute approximate surface area is 107 Å². The molecule has 0 aromatic rings. The molecule has 1 amide bonds. The molecule has 2 aliphatic heterocycles. The maximum atomic E-state index is 12.0. The second kappa shape index (κ2) is 6.61. The first-order valence-corrected chi connectivity index (χ1v) is 7.56. The number of hydrogen-bond acceptors (Lipinski definition) is 4. The van der Waals surface area contributed by atoms with Crippen LogP contribution in [0.2, 0.25) is 0 Å². The van der Waals surface area contributed by atoms with Gasteiger partial charge in [-0.1, -0.05) is 6.92 Å². The first kappa shape index (κ1) is 13.2. The van der Waals surface area contributed by atoms with Gasteiger partial charge in [-0.25, -0.2) is 0 Å². The van der Waals surface area contributed by atoms with E-state index in [0.29, 0.717) is 18.5 Å². The molecule has 5 heteroatoms. The number of rotatable bonds is 5. The lowest BCUT2D eigenvalue weighted by Gasteiger charge is -2.19. The first-order chi connectivity index (χ1) is 8.31. The summed E-state index contributed by atoms with van der Waals surface area (Å²) in [5.74, 6) is 1.38. The standard InChI is InChI=1S/C12H22N2O2S/c1-2-13-11-8-16-7-10(11)12(15)14-6-9-4-3-5-17-9/h9-11,13H,2-8H2,1H3,(H,14,15). The Balaban J connectivity index is 1.74. The summed E-state index contributed by atoms with van der Waals surface area (Å²) in [5.41, 5.74) is 0. The first-order valence-electron chi connectivity index (χ1n) is 6.51. The number of likely N-dealkylation sites (N-methyl/N-ethyl adjacent to an activating group) is 1. The van der Waals surface area contributed by atoms with Crippen LogP contribution in [0.15, 0.2) is 0 Å². The third kappa shape index (κ3) is 3.60. The summed E-state index contributed by atoms with van der Waals surface area (Å²) in [6.07, 6.45) is 2.53. The minimum atomic E-state index is -0.0126. The van der Waals surface area contributed by atoms with Crippen LogP contribution in [-0.2, 0) is 9.53 Å². The zero-order valence-electron chi connectivity index (χ0n) is 10.4. The highest BCUT2D eigenvalue weighted by molar-refractivity contribution is 8.00. The number of carbonyl (C=O) groups is 1. The molecule has 3 atom stereocenters. The van der Waals surface area contributed by atoms with Crippen LogP contribution in [0.25, 0.3) is 0 Å². The monoisotopic (exact) mass is 258 g/mol. The molecule has 2 saturated heterocycles. The van der Waals surface area contributed by atoms with Crippen LogP contribution in [-0.4, -0.2) is 49.3 Å². The molecule has 98 valence electrons. The second-order valence-electron chi connectivity index (χ2n) is 4.69. The molecule has 0 aromatic carbocycles. The minimum Gasteiger partial charge on any atom is -0.379 e. The van der Waals surface area contributed by atoms with Gasteiger partial charge in [0.25, 0.3) is 0 Å². The van der Waals surface area contributed by atoms with Crippen LogP contribution >= 0.6 is 11.8 Å². The Kier molecular flexibility index (Phi) is 5.13. The van der Waals surface area contributed by atoms with Gasteiger partial charge in [0.15, 0.2) is 0 Å². The number of ether oxygens (including phenoxy) is 1. The van der Waals surface area contributed by atoms with E-state index in [1.54, 1.807) is 0 Å². The van der Waals surface area contributed by atoms with Crippen molar-refractivity contribution < 1.29 is 9.53 Å². The number of carbonyl (C=O) groups excluding carboxylic acids is 1. The third-order valence-corrected chi connectivity index (χ3v) is 4.81. The summed E-state index contributed by atoms with van der Waals surface area (Å²) in [6.45, 7) is 4.98. The van der Waals surface area contributed by atoms with Crippen molar-refractivity contribution in [1.29, 1.82) is 0 Å². The van der Waals surface area contributed by atoms with Crippen molar-refractivity contribution in [3.05, 3.63) is 0 Å². The third-order valence-electron chi connectivity index (χ3n) is 3.41. The van der Waals surface area contributed by atoms with E-state index >= 15 is 0 Å². The highest BCUT2D eigenvalue weighted by atomic mass is 32.2. The molecular formula is C12H22N2O2S. The topological polar surface area (TPSA) is 50.4 Å². The number of thioether (sulfide) groups is 1. The van der Waals surface area contributed by atoms with Crippen molar-refractivity contribution in [2.24, 2.45) is 5.92 Å². The van der Waals surface area contributed by atoms with Crippen molar-refractivity contribution in [3.63, 3.8) is 0 Å². The maximum Gasteiger partial charge on any atom is 0.227 e. The van der Waals surface area contributed by atoms with Gasteiger partial charge >= 0.3 is 0 Å². The zero-order valence-corrected chi connectivity index (χ0v) is 11.2. The molecule has 0 spiro atoms. The van der Waals surface area contributed by atoms with Crippen molar-refractivity contribution in [1.82, 2.24) is 10.6 Å². The number of hydrogen-bond donors (Lipinski definition) is 2. The smallest absolute Gasteiger partial charge is 0.227 e. The normalized spacial score (nSPS) is 32.9. The molecule has 0 aromatic heterocycles. The summed E-state index contributed by atoms with van der Waals surface area (Å²) in [4.78, 5) is 12.0. The molecule has 0 radical (unpaired) electrons. The van der Waals surface area contributed by atoms with Crippen LogP contribution in [0.5, 0.6) is 0 Å². The highest BCUT2D eigenvalue weighted by Gasteiger charge is 2.33. The number of nitrogens with one attached hydrogen (secondary N) is 2. The lowest BCUT2D eigenvalue weighted by atomic mass is 10.0. The predicted octanol–water partition coefficient (Wildman–Crippen LogP) is 0.623. The molecule has 0 bridgehead atoms. The largest absolute Gasteiger partial charge is 0.379 e. The fourth-order valence-electron chi connectivity index (χ4n) is 2.43. The van der Waals surface area contributed by atoms with Crippen molar-refractivity contribution in [3.8, 4) is 0 Å². The number of amides is 1. The SMILES string of the molecule is CCNC1COCC1C(=O)NCC1CCCS1. The summed E-state index contributed by atoms with van der Waals surface area (Å²) < 4.78 is 5.39. The molecule has 2 aliphatic rings. The van der Waals surface area contributed by atoms with Gasteiger partial charge in [0.2, 0.25) is 5.91 Å². The van der Waals surface area contributed by atoms with E-state index < -0.39 is 0 Å². The lowest BCUT2D eigenvalue weighted by Crippen LogP contribution is -2.45. The van der Waals surface area contributed by atoms with Crippen LogP contribution in [0.1, 0.15) is 19.8 Å². The summed E-state index contributed by atoms with van der Waals surface area (Å²) >= 11 is 1.98. The molecule has 2 fully saturated rings. The highest BCUT2D eigenvalue weighted by Crippen LogP contribution is 2.25. The molecule has 2 heterocycles. The van der Waals surface area contributed by atoms with Crippen molar-refractivity contribution >= 4 is 17.7 Å². The Morgan fingerprint density at radius 1 is 1.47 bits per heavy atom. The van der Waals surface area contributed by atoms with Crippen LogP contribution < -0.4 is 10.6 Å². The molecule has 2 rings (SSSR count). The van der Waals surface area contributed by atoms with Gasteiger partial charge in [0.05, 0.1) is 19.1 Å². The van der Waals surface area contributed by atoms with Crippen molar-refractivity contribution in [2.45, 2.75) is 31.1 Å². The average molecular weight is 258 g/mol.